The van der Waals surface area contributed by atoms with Gasteiger partial charge in [0.2, 0.25) is 15.9 Å². The number of hydrogen-bond acceptors (Lipinski definition) is 5. The van der Waals surface area contributed by atoms with Gasteiger partial charge in [-0.05, 0) is 64.0 Å². The Morgan fingerprint density at radius 2 is 1.71 bits per heavy atom. The highest BCUT2D eigenvalue weighted by molar-refractivity contribution is 7.92. The van der Waals surface area contributed by atoms with Crippen LogP contribution in [0.5, 0.6) is 0 Å². The van der Waals surface area contributed by atoms with E-state index >= 15 is 0 Å². The highest BCUT2D eigenvalue weighted by Gasteiger charge is 2.29. The van der Waals surface area contributed by atoms with E-state index in [1.54, 1.807) is 19.1 Å². The van der Waals surface area contributed by atoms with Crippen LogP contribution in [0, 0.1) is 13.8 Å². The smallest absolute Gasteiger partial charge is 0.243 e. The molecular formula is C20H34N4O3S. The molecule has 0 radical (unpaired) electrons. The number of nitrogens with one attached hydrogen (secondary N) is 1. The molecule has 7 nitrogen and oxygen atoms in total. The van der Waals surface area contributed by atoms with Crippen LogP contribution < -0.4 is 9.62 Å². The monoisotopic (exact) mass is 410 g/mol. The van der Waals surface area contributed by atoms with Gasteiger partial charge in [0.15, 0.2) is 0 Å². The van der Waals surface area contributed by atoms with Crippen LogP contribution >= 0.6 is 0 Å². The van der Waals surface area contributed by atoms with Crippen LogP contribution in [0.4, 0.5) is 5.69 Å². The van der Waals surface area contributed by atoms with Crippen molar-refractivity contribution in [2.24, 2.45) is 0 Å². The summed E-state index contributed by atoms with van der Waals surface area (Å²) in [5.41, 5.74) is 2.45. The summed E-state index contributed by atoms with van der Waals surface area (Å²) >= 11 is 0. The van der Waals surface area contributed by atoms with Crippen LogP contribution in [0.15, 0.2) is 18.2 Å². The lowest BCUT2D eigenvalue weighted by molar-refractivity contribution is -0.121. The fourth-order valence-corrected chi connectivity index (χ4v) is 4.78. The van der Waals surface area contributed by atoms with Gasteiger partial charge in [0.25, 0.3) is 0 Å². The molecule has 0 saturated carbocycles. The zero-order valence-electron chi connectivity index (χ0n) is 17.7. The summed E-state index contributed by atoms with van der Waals surface area (Å²) < 4.78 is 26.0. The lowest BCUT2D eigenvalue weighted by Crippen LogP contribution is -2.48. The average Bonchev–Trinajstić information content (AvgIpc) is 2.58. The van der Waals surface area contributed by atoms with E-state index in [0.717, 1.165) is 56.5 Å². The van der Waals surface area contributed by atoms with Crippen molar-refractivity contribution in [1.82, 2.24) is 15.1 Å². The fourth-order valence-electron chi connectivity index (χ4n) is 3.62. The summed E-state index contributed by atoms with van der Waals surface area (Å²) in [6.07, 6.45) is 1.99. The number of benzene rings is 1. The minimum atomic E-state index is -3.59. The fraction of sp³-hybridized carbons (Fsp3) is 0.650. The van der Waals surface area contributed by atoms with Gasteiger partial charge in [-0.25, -0.2) is 8.42 Å². The number of hydrogen-bond donors (Lipinski definition) is 1. The van der Waals surface area contributed by atoms with Gasteiger partial charge in [0.05, 0.1) is 11.9 Å². The van der Waals surface area contributed by atoms with Crippen molar-refractivity contribution < 1.29 is 13.2 Å². The molecule has 1 saturated heterocycles. The topological polar surface area (TPSA) is 73.0 Å². The Morgan fingerprint density at radius 3 is 2.25 bits per heavy atom. The zero-order valence-corrected chi connectivity index (χ0v) is 18.6. The van der Waals surface area contributed by atoms with Crippen molar-refractivity contribution in [1.29, 1.82) is 0 Å². The number of amides is 1. The number of likely N-dealkylation sites (N-methyl/N-ethyl adjacent to an activating group) is 1. The van der Waals surface area contributed by atoms with Crippen LogP contribution in [0.2, 0.25) is 0 Å². The van der Waals surface area contributed by atoms with Gasteiger partial charge in [-0.2, -0.15) is 0 Å². The van der Waals surface area contributed by atoms with Crippen molar-refractivity contribution in [2.45, 2.75) is 33.2 Å². The third kappa shape index (κ3) is 6.46. The Morgan fingerprint density at radius 1 is 1.14 bits per heavy atom. The highest BCUT2D eigenvalue weighted by Crippen LogP contribution is 2.23. The molecule has 1 aliphatic rings. The predicted molar refractivity (Wildman–Crippen MR) is 114 cm³/mol. The Kier molecular flexibility index (Phi) is 7.86. The second kappa shape index (κ2) is 9.71. The molecule has 0 unspecified atom stereocenters. The van der Waals surface area contributed by atoms with Crippen LogP contribution in [0.3, 0.4) is 0 Å². The molecule has 0 spiro atoms. The molecule has 2 rings (SSSR count). The molecule has 1 aliphatic heterocycles. The Bertz CT molecular complexity index is 753. The van der Waals surface area contributed by atoms with Gasteiger partial charge in [0.1, 0.15) is 6.04 Å². The minimum absolute atomic E-state index is 0.275. The standard InChI is InChI=1S/C20H34N4O3S/c1-16-13-17(2)15-19(14-16)24(28(5,26)27)18(3)20(25)21-7-6-8-23-11-9-22(4)10-12-23/h13-15,18H,6-12H2,1-5H3,(H,21,25)/t18-/m0/s1. The van der Waals surface area contributed by atoms with Crippen molar-refractivity contribution in [3.8, 4) is 0 Å². The molecule has 8 heteroatoms. The number of rotatable bonds is 8. The molecule has 1 atom stereocenters. The molecule has 0 bridgehead atoms. The van der Waals surface area contributed by atoms with Crippen LogP contribution in [-0.4, -0.2) is 82.7 Å². The van der Waals surface area contributed by atoms with Crippen LogP contribution in [-0.2, 0) is 14.8 Å². The van der Waals surface area contributed by atoms with Crippen molar-refractivity contribution in [2.75, 3.05) is 56.9 Å². The first kappa shape index (κ1) is 22.6. The normalized spacial score (nSPS) is 17.3. The average molecular weight is 411 g/mol. The van der Waals surface area contributed by atoms with Gasteiger partial charge >= 0.3 is 0 Å². The van der Waals surface area contributed by atoms with E-state index < -0.39 is 16.1 Å². The second-order valence-electron chi connectivity index (χ2n) is 7.87. The number of piperazine rings is 1. The van der Waals surface area contributed by atoms with Crippen LogP contribution in [0.25, 0.3) is 0 Å². The SMILES string of the molecule is Cc1cc(C)cc(N([C@@H](C)C(=O)NCCCN2CCN(C)CC2)S(C)(=O)=O)c1. The number of nitrogens with zero attached hydrogens (tertiary/aromatic N) is 3. The summed E-state index contributed by atoms with van der Waals surface area (Å²) in [6.45, 7) is 11.2. The molecular weight excluding hydrogens is 376 g/mol. The molecule has 28 heavy (non-hydrogen) atoms. The van der Waals surface area contributed by atoms with Gasteiger partial charge < -0.3 is 15.1 Å². The maximum Gasteiger partial charge on any atom is 0.243 e. The second-order valence-corrected chi connectivity index (χ2v) is 9.73. The van der Waals surface area contributed by atoms with Gasteiger partial charge in [-0.3, -0.25) is 9.10 Å². The lowest BCUT2D eigenvalue weighted by atomic mass is 10.1. The molecule has 1 aromatic carbocycles. The first-order valence-corrected chi connectivity index (χ1v) is 11.7. The molecule has 1 N–H and O–H groups in total. The lowest BCUT2D eigenvalue weighted by Gasteiger charge is -2.32. The molecule has 1 amide bonds. The summed E-state index contributed by atoms with van der Waals surface area (Å²) in [5, 5.41) is 2.90. The quantitative estimate of drug-likeness (QED) is 0.652. The Balaban J connectivity index is 1.94. The first-order valence-electron chi connectivity index (χ1n) is 9.84. The molecule has 1 fully saturated rings. The van der Waals surface area contributed by atoms with E-state index in [0.29, 0.717) is 12.2 Å². The zero-order chi connectivity index (χ0) is 20.9. The molecule has 1 heterocycles. The van der Waals surface area contributed by atoms with Crippen molar-refractivity contribution in [3.63, 3.8) is 0 Å². The first-order chi connectivity index (χ1) is 13.1. The largest absolute Gasteiger partial charge is 0.354 e. The third-order valence-electron chi connectivity index (χ3n) is 5.10. The van der Waals surface area contributed by atoms with E-state index in [9.17, 15) is 13.2 Å². The predicted octanol–water partition coefficient (Wildman–Crippen LogP) is 1.21. The van der Waals surface area contributed by atoms with Gasteiger partial charge in [-0.15, -0.1) is 0 Å². The number of anilines is 1. The third-order valence-corrected chi connectivity index (χ3v) is 6.34. The van der Waals surface area contributed by atoms with Gasteiger partial charge in [0, 0.05) is 32.7 Å². The number of carbonyl (C=O) groups is 1. The van der Waals surface area contributed by atoms with Crippen molar-refractivity contribution >= 4 is 21.6 Å². The summed E-state index contributed by atoms with van der Waals surface area (Å²) in [5.74, 6) is -0.275. The summed E-state index contributed by atoms with van der Waals surface area (Å²) in [7, 11) is -1.46. The summed E-state index contributed by atoms with van der Waals surface area (Å²) in [4.78, 5) is 17.3. The maximum atomic E-state index is 12.6. The van der Waals surface area contributed by atoms with Gasteiger partial charge in [-0.1, -0.05) is 6.07 Å². The van der Waals surface area contributed by atoms with Crippen LogP contribution in [0.1, 0.15) is 24.5 Å². The van der Waals surface area contributed by atoms with E-state index in [-0.39, 0.29) is 5.91 Å². The van der Waals surface area contributed by atoms with E-state index in [2.05, 4.69) is 22.2 Å². The number of sulfonamides is 1. The molecule has 0 aromatic heterocycles. The highest BCUT2D eigenvalue weighted by atomic mass is 32.2. The molecule has 1 aromatic rings. The number of carbonyl (C=O) groups excluding carboxylic acids is 1. The van der Waals surface area contributed by atoms with E-state index in [4.69, 9.17) is 0 Å². The minimum Gasteiger partial charge on any atom is -0.354 e. The summed E-state index contributed by atoms with van der Waals surface area (Å²) in [6, 6.07) is 4.77. The molecule has 0 aliphatic carbocycles. The molecule has 158 valence electrons. The number of aryl methyl sites for hydroxylation is 2. The van der Waals surface area contributed by atoms with E-state index in [1.807, 2.05) is 19.9 Å². The Hall–Kier alpha value is -1.64. The van der Waals surface area contributed by atoms with E-state index in [1.165, 1.54) is 4.31 Å². The Labute approximate surface area is 169 Å². The van der Waals surface area contributed by atoms with Crippen molar-refractivity contribution in [3.05, 3.63) is 29.3 Å². The maximum absolute atomic E-state index is 12.6.